The number of rotatable bonds is 3. The standard InChI is InChI=1S/C14H24ClN3S/c1-11(13-16-12(9-15)10-19-13)17-5-7-18(8-6-17)14(2,3)4/h10-11H,5-9H2,1-4H3. The van der Waals surface area contributed by atoms with Crippen molar-refractivity contribution in [1.82, 2.24) is 14.8 Å². The van der Waals surface area contributed by atoms with Crippen LogP contribution in [0.4, 0.5) is 0 Å². The number of hydrogen-bond donors (Lipinski definition) is 0. The van der Waals surface area contributed by atoms with Gasteiger partial charge >= 0.3 is 0 Å². The van der Waals surface area contributed by atoms with Crippen molar-refractivity contribution in [2.75, 3.05) is 26.2 Å². The largest absolute Gasteiger partial charge is 0.296 e. The molecule has 0 aromatic carbocycles. The summed E-state index contributed by atoms with van der Waals surface area (Å²) in [6, 6.07) is 0.407. The van der Waals surface area contributed by atoms with Crippen molar-refractivity contribution < 1.29 is 0 Å². The highest BCUT2D eigenvalue weighted by Gasteiger charge is 2.28. The average molecular weight is 302 g/mol. The molecule has 0 bridgehead atoms. The lowest BCUT2D eigenvalue weighted by Crippen LogP contribution is -2.53. The highest BCUT2D eigenvalue weighted by atomic mass is 35.5. The van der Waals surface area contributed by atoms with E-state index in [2.05, 4.69) is 47.9 Å². The van der Waals surface area contributed by atoms with Crippen LogP contribution in [0, 0.1) is 0 Å². The van der Waals surface area contributed by atoms with Gasteiger partial charge in [0.2, 0.25) is 0 Å². The first-order valence-electron chi connectivity index (χ1n) is 6.91. The molecule has 0 amide bonds. The molecule has 1 atom stereocenters. The number of aromatic nitrogens is 1. The van der Waals surface area contributed by atoms with Crippen molar-refractivity contribution >= 4 is 22.9 Å². The SMILES string of the molecule is CC(c1nc(CCl)cs1)N1CCN(C(C)(C)C)CC1. The van der Waals surface area contributed by atoms with Gasteiger partial charge in [0.15, 0.2) is 0 Å². The summed E-state index contributed by atoms with van der Waals surface area (Å²) in [4.78, 5) is 9.69. The molecule has 0 radical (unpaired) electrons. The topological polar surface area (TPSA) is 19.4 Å². The molecule has 5 heteroatoms. The molecule has 3 nitrogen and oxygen atoms in total. The molecular weight excluding hydrogens is 278 g/mol. The number of nitrogens with zero attached hydrogens (tertiary/aromatic N) is 3. The molecule has 1 aromatic heterocycles. The molecule has 1 aliphatic rings. The minimum atomic E-state index is 0.280. The van der Waals surface area contributed by atoms with Gasteiger partial charge in [-0.2, -0.15) is 0 Å². The van der Waals surface area contributed by atoms with Crippen LogP contribution in [0.5, 0.6) is 0 Å². The van der Waals surface area contributed by atoms with Crippen molar-refractivity contribution in [1.29, 1.82) is 0 Å². The first kappa shape index (κ1) is 15.2. The van der Waals surface area contributed by atoms with Crippen LogP contribution in [-0.4, -0.2) is 46.5 Å². The van der Waals surface area contributed by atoms with Gasteiger partial charge in [0, 0.05) is 37.1 Å². The van der Waals surface area contributed by atoms with E-state index in [0.717, 1.165) is 31.9 Å². The van der Waals surface area contributed by atoms with Crippen LogP contribution >= 0.6 is 22.9 Å². The zero-order valence-electron chi connectivity index (χ0n) is 12.3. The molecule has 0 spiro atoms. The normalized spacial score (nSPS) is 20.7. The zero-order valence-corrected chi connectivity index (χ0v) is 13.9. The fraction of sp³-hybridized carbons (Fsp3) is 0.786. The van der Waals surface area contributed by atoms with E-state index in [-0.39, 0.29) is 5.54 Å². The Morgan fingerprint density at radius 3 is 2.42 bits per heavy atom. The van der Waals surface area contributed by atoms with E-state index >= 15 is 0 Å². The summed E-state index contributed by atoms with van der Waals surface area (Å²) < 4.78 is 0. The summed E-state index contributed by atoms with van der Waals surface area (Å²) in [6.45, 7) is 13.6. The van der Waals surface area contributed by atoms with Crippen LogP contribution in [0.15, 0.2) is 5.38 Å². The molecule has 0 N–H and O–H groups in total. The number of hydrogen-bond acceptors (Lipinski definition) is 4. The fourth-order valence-corrected chi connectivity index (χ4v) is 3.65. The summed E-state index contributed by atoms with van der Waals surface area (Å²) >= 11 is 7.56. The van der Waals surface area contributed by atoms with Crippen molar-refractivity contribution in [3.8, 4) is 0 Å². The Kier molecular flexibility index (Phi) is 4.88. The number of piperazine rings is 1. The van der Waals surface area contributed by atoms with Gasteiger partial charge in [-0.05, 0) is 27.7 Å². The summed E-state index contributed by atoms with van der Waals surface area (Å²) in [5, 5.41) is 3.27. The van der Waals surface area contributed by atoms with E-state index in [1.807, 2.05) is 0 Å². The minimum absolute atomic E-state index is 0.280. The predicted octanol–water partition coefficient (Wildman–Crippen LogP) is 3.36. The monoisotopic (exact) mass is 301 g/mol. The Hall–Kier alpha value is -0.160. The van der Waals surface area contributed by atoms with E-state index in [9.17, 15) is 0 Å². The van der Waals surface area contributed by atoms with E-state index < -0.39 is 0 Å². The Balaban J connectivity index is 1.94. The van der Waals surface area contributed by atoms with E-state index in [1.165, 1.54) is 5.01 Å². The fourth-order valence-electron chi connectivity index (χ4n) is 2.51. The number of halogens is 1. The summed E-state index contributed by atoms with van der Waals surface area (Å²) in [6.07, 6.45) is 0. The Morgan fingerprint density at radius 2 is 1.95 bits per heavy atom. The first-order valence-corrected chi connectivity index (χ1v) is 8.32. The Labute approximate surface area is 125 Å². The van der Waals surface area contributed by atoms with Gasteiger partial charge in [-0.15, -0.1) is 22.9 Å². The van der Waals surface area contributed by atoms with Crippen molar-refractivity contribution in [3.05, 3.63) is 16.1 Å². The van der Waals surface area contributed by atoms with Crippen molar-refractivity contribution in [2.45, 2.75) is 45.2 Å². The molecule has 19 heavy (non-hydrogen) atoms. The Morgan fingerprint density at radius 1 is 1.32 bits per heavy atom. The van der Waals surface area contributed by atoms with E-state index in [1.54, 1.807) is 11.3 Å². The van der Waals surface area contributed by atoms with Crippen LogP contribution in [0.1, 0.15) is 44.4 Å². The lowest BCUT2D eigenvalue weighted by Gasteiger charge is -2.43. The number of thiazole rings is 1. The molecule has 2 rings (SSSR count). The average Bonchev–Trinajstić information content (AvgIpc) is 2.86. The van der Waals surface area contributed by atoms with E-state index in [4.69, 9.17) is 11.6 Å². The molecular formula is C14H24ClN3S. The molecule has 0 aliphatic carbocycles. The van der Waals surface area contributed by atoms with Gasteiger partial charge in [0.1, 0.15) is 5.01 Å². The van der Waals surface area contributed by atoms with Crippen LogP contribution in [-0.2, 0) is 5.88 Å². The highest BCUT2D eigenvalue weighted by molar-refractivity contribution is 7.09. The van der Waals surface area contributed by atoms with Gasteiger partial charge < -0.3 is 0 Å². The molecule has 1 saturated heterocycles. The molecule has 1 fully saturated rings. The van der Waals surface area contributed by atoms with Crippen LogP contribution < -0.4 is 0 Å². The van der Waals surface area contributed by atoms with Gasteiger partial charge in [-0.25, -0.2) is 4.98 Å². The third kappa shape index (κ3) is 3.69. The van der Waals surface area contributed by atoms with Gasteiger partial charge in [-0.3, -0.25) is 9.80 Å². The maximum Gasteiger partial charge on any atom is 0.110 e. The third-order valence-corrected chi connectivity index (χ3v) is 5.21. The van der Waals surface area contributed by atoms with Gasteiger partial charge in [-0.1, -0.05) is 0 Å². The molecule has 1 aromatic rings. The molecule has 1 unspecified atom stereocenters. The third-order valence-electron chi connectivity index (χ3n) is 3.87. The smallest absolute Gasteiger partial charge is 0.110 e. The van der Waals surface area contributed by atoms with Gasteiger partial charge in [0.25, 0.3) is 0 Å². The first-order chi connectivity index (χ1) is 8.91. The van der Waals surface area contributed by atoms with Crippen LogP contribution in [0.25, 0.3) is 0 Å². The highest BCUT2D eigenvalue weighted by Crippen LogP contribution is 2.26. The van der Waals surface area contributed by atoms with Crippen LogP contribution in [0.3, 0.4) is 0 Å². The second kappa shape index (κ2) is 6.08. The summed E-state index contributed by atoms with van der Waals surface area (Å²) in [5.74, 6) is 0.515. The lowest BCUT2D eigenvalue weighted by atomic mass is 10.0. The molecule has 108 valence electrons. The van der Waals surface area contributed by atoms with Crippen LogP contribution in [0.2, 0.25) is 0 Å². The second-order valence-corrected chi connectivity index (χ2v) is 7.34. The molecule has 1 aliphatic heterocycles. The molecule has 2 heterocycles. The zero-order chi connectivity index (χ0) is 14.0. The minimum Gasteiger partial charge on any atom is -0.296 e. The predicted molar refractivity (Wildman–Crippen MR) is 83.0 cm³/mol. The summed E-state index contributed by atoms with van der Waals surface area (Å²) in [7, 11) is 0. The Bertz CT molecular complexity index is 405. The maximum atomic E-state index is 5.82. The van der Waals surface area contributed by atoms with Crippen molar-refractivity contribution in [2.24, 2.45) is 0 Å². The quantitative estimate of drug-likeness (QED) is 0.798. The van der Waals surface area contributed by atoms with Gasteiger partial charge in [0.05, 0.1) is 17.6 Å². The maximum absolute atomic E-state index is 5.82. The summed E-state index contributed by atoms with van der Waals surface area (Å²) in [5.41, 5.74) is 1.28. The van der Waals surface area contributed by atoms with E-state index in [0.29, 0.717) is 11.9 Å². The van der Waals surface area contributed by atoms with Crippen molar-refractivity contribution in [3.63, 3.8) is 0 Å². The second-order valence-electron chi connectivity index (χ2n) is 6.18. The lowest BCUT2D eigenvalue weighted by molar-refractivity contribution is 0.0453. The number of alkyl halides is 1. The molecule has 0 saturated carbocycles.